The van der Waals surface area contributed by atoms with Gasteiger partial charge in [-0.05, 0) is 78.2 Å². The number of halogens is 3. The van der Waals surface area contributed by atoms with Crippen molar-refractivity contribution in [1.29, 1.82) is 0 Å². The fourth-order valence-electron chi connectivity index (χ4n) is 8.06. The molecule has 2 aromatic rings. The quantitative estimate of drug-likeness (QED) is 0.360. The van der Waals surface area contributed by atoms with Crippen LogP contribution in [-0.2, 0) is 41.7 Å². The lowest BCUT2D eigenvalue weighted by molar-refractivity contribution is -0.144. The summed E-state index contributed by atoms with van der Waals surface area (Å²) in [6, 6.07) is 3.93. The van der Waals surface area contributed by atoms with Gasteiger partial charge >= 0.3 is 12.3 Å². The van der Waals surface area contributed by atoms with Crippen molar-refractivity contribution < 1.29 is 50.2 Å². The lowest BCUT2D eigenvalue weighted by Crippen LogP contribution is -2.58. The predicted molar refractivity (Wildman–Crippen MR) is 193 cm³/mol. The van der Waals surface area contributed by atoms with Crippen molar-refractivity contribution in [2.45, 2.75) is 132 Å². The largest absolute Gasteiger partial charge is 0.483 e. The van der Waals surface area contributed by atoms with Crippen molar-refractivity contribution in [3.05, 3.63) is 47.7 Å². The summed E-state index contributed by atoms with van der Waals surface area (Å²) in [4.78, 5) is 60.9. The summed E-state index contributed by atoms with van der Waals surface area (Å²) in [5, 5.41) is 5.91. The molecule has 0 bridgehead atoms. The molecule has 55 heavy (non-hydrogen) atoms. The Morgan fingerprint density at radius 3 is 2.55 bits per heavy atom. The summed E-state index contributed by atoms with van der Waals surface area (Å²) in [6.07, 6.45) is 1.03. The highest BCUT2D eigenvalue weighted by atomic mass is 32.2. The molecule has 298 valence electrons. The number of benzene rings is 1. The maximum atomic E-state index is 14.6. The second-order valence-corrected chi connectivity index (χ2v) is 18.3. The van der Waals surface area contributed by atoms with Crippen LogP contribution in [0.1, 0.15) is 96.2 Å². The molecule has 3 fully saturated rings. The average Bonchev–Trinajstić information content (AvgIpc) is 4.00. The van der Waals surface area contributed by atoms with Gasteiger partial charge in [0.05, 0.1) is 22.9 Å². The van der Waals surface area contributed by atoms with Gasteiger partial charge < -0.3 is 25.0 Å². The van der Waals surface area contributed by atoms with E-state index in [1.165, 1.54) is 17.9 Å². The van der Waals surface area contributed by atoms with E-state index < -0.39 is 91.5 Å². The first-order valence-electron chi connectivity index (χ1n) is 18.9. The van der Waals surface area contributed by atoms with Gasteiger partial charge in [0.2, 0.25) is 21.8 Å². The van der Waals surface area contributed by atoms with Gasteiger partial charge in [0.15, 0.2) is 11.4 Å². The van der Waals surface area contributed by atoms with Crippen molar-refractivity contribution in [1.82, 2.24) is 25.2 Å². The highest BCUT2D eigenvalue weighted by molar-refractivity contribution is 7.91. The number of hydrogen-bond donors (Lipinski definition) is 3. The number of aromatic nitrogens is 1. The number of carbonyl (C=O) groups is 4. The van der Waals surface area contributed by atoms with E-state index in [0.717, 1.165) is 0 Å². The molecule has 2 saturated carbocycles. The van der Waals surface area contributed by atoms with Crippen molar-refractivity contribution in [3.63, 3.8) is 0 Å². The molecule has 3 N–H and O–H groups in total. The molecule has 0 radical (unpaired) electrons. The number of rotatable bonds is 5. The van der Waals surface area contributed by atoms with E-state index in [2.05, 4.69) is 20.3 Å². The highest BCUT2D eigenvalue weighted by Crippen LogP contribution is 2.50. The molecule has 4 amide bonds. The Balaban J connectivity index is 1.26. The monoisotopic (exact) mass is 789 g/mol. The minimum absolute atomic E-state index is 0.0991. The SMILES string of the molecule is CC(C)OC(=O)NC1CCCCCC=CC2CC2(C(=O)NS(=O)(=O)C2(C)CC2)NC(=O)C2CC3(CCc4c(c(C(F)(F)F)nc5ccccc45)O3)CN2C1=O. The number of nitrogens with one attached hydrogen (secondary N) is 3. The Labute approximate surface area is 317 Å². The van der Waals surface area contributed by atoms with E-state index in [-0.39, 0.29) is 44.2 Å². The van der Waals surface area contributed by atoms with Crippen LogP contribution in [0.15, 0.2) is 36.4 Å². The second-order valence-electron chi connectivity index (χ2n) is 16.1. The number of sulfonamides is 1. The summed E-state index contributed by atoms with van der Waals surface area (Å²) in [5.41, 5.74) is -3.88. The number of aryl methyl sites for hydroxylation is 1. The number of hydrogen-bond acceptors (Lipinski definition) is 9. The van der Waals surface area contributed by atoms with Gasteiger partial charge in [-0.25, -0.2) is 18.2 Å². The maximum Gasteiger partial charge on any atom is 0.437 e. The molecule has 1 aromatic heterocycles. The third kappa shape index (κ3) is 7.47. The fourth-order valence-corrected chi connectivity index (χ4v) is 9.38. The number of alkyl carbamates (subject to hydrolysis) is 1. The zero-order valence-electron chi connectivity index (χ0n) is 31.0. The van der Waals surface area contributed by atoms with E-state index in [1.807, 2.05) is 6.08 Å². The van der Waals surface area contributed by atoms with Crippen LogP contribution in [0.25, 0.3) is 10.9 Å². The van der Waals surface area contributed by atoms with Crippen LogP contribution >= 0.6 is 0 Å². The molecule has 17 heteroatoms. The normalized spacial score (nSPS) is 29.2. The zero-order chi connectivity index (χ0) is 39.6. The third-order valence-corrected chi connectivity index (χ3v) is 13.8. The van der Waals surface area contributed by atoms with Crippen LogP contribution < -0.4 is 20.1 Å². The summed E-state index contributed by atoms with van der Waals surface area (Å²) in [7, 11) is -4.08. The number of amides is 4. The molecule has 7 rings (SSSR count). The Bertz CT molecular complexity index is 2050. The van der Waals surface area contributed by atoms with Crippen molar-refractivity contribution in [3.8, 4) is 5.75 Å². The first kappa shape index (κ1) is 38.8. The number of carbonyl (C=O) groups excluding carboxylic acids is 4. The van der Waals surface area contributed by atoms with Crippen LogP contribution in [0.4, 0.5) is 18.0 Å². The molecule has 1 spiro atoms. The van der Waals surface area contributed by atoms with Crippen molar-refractivity contribution in [2.24, 2.45) is 5.92 Å². The Hall–Kier alpha value is -4.41. The van der Waals surface area contributed by atoms with E-state index in [4.69, 9.17) is 9.47 Å². The third-order valence-electron chi connectivity index (χ3n) is 11.6. The van der Waals surface area contributed by atoms with Gasteiger partial charge in [0.1, 0.15) is 23.2 Å². The van der Waals surface area contributed by atoms with E-state index in [9.17, 15) is 40.8 Å². The van der Waals surface area contributed by atoms with Crippen LogP contribution in [0.2, 0.25) is 0 Å². The number of para-hydroxylation sites is 1. The van der Waals surface area contributed by atoms with Crippen LogP contribution in [0.5, 0.6) is 5.75 Å². The van der Waals surface area contributed by atoms with Gasteiger partial charge in [-0.15, -0.1) is 0 Å². The first-order chi connectivity index (χ1) is 25.9. The molecule has 13 nitrogen and oxygen atoms in total. The lowest BCUT2D eigenvalue weighted by atomic mass is 9.87. The first-order valence-corrected chi connectivity index (χ1v) is 20.4. The van der Waals surface area contributed by atoms with Crippen LogP contribution in [0.3, 0.4) is 0 Å². The smallest absolute Gasteiger partial charge is 0.437 e. The number of pyridine rings is 1. The number of ether oxygens (including phenoxy) is 2. The Morgan fingerprint density at radius 2 is 1.84 bits per heavy atom. The summed E-state index contributed by atoms with van der Waals surface area (Å²) >= 11 is 0. The molecular formula is C38H46F3N5O8S. The topological polar surface area (TPSA) is 173 Å². The van der Waals surface area contributed by atoms with E-state index in [0.29, 0.717) is 49.5 Å². The highest BCUT2D eigenvalue weighted by Gasteiger charge is 2.64. The standard InChI is InChI=1S/C38H46F3N5O8S/c1-22(2)53-34(50)43-27-14-8-6-4-5-7-11-23-19-37(23,33(49)45-55(51,52)35(3)17-18-35)44-31(47)28-20-36(21-46(28)32(27)48)16-15-25-24-12-9-10-13-26(24)42-30(29(25)54-36)38(39,40)41/h7,9-13,22-23,27-28H,4-6,8,14-21H2,1-3H3,(H,43,50)(H,44,47)(H,45,49). The Kier molecular flexibility index (Phi) is 9.86. The Morgan fingerprint density at radius 1 is 1.09 bits per heavy atom. The van der Waals surface area contributed by atoms with Gasteiger partial charge in [-0.3, -0.25) is 19.1 Å². The summed E-state index contributed by atoms with van der Waals surface area (Å²) in [5.74, 6) is -3.37. The number of fused-ring (bicyclic) bond motifs is 5. The number of allylic oxidation sites excluding steroid dienone is 1. The minimum Gasteiger partial charge on any atom is -0.483 e. The molecule has 5 aliphatic rings. The predicted octanol–water partition coefficient (Wildman–Crippen LogP) is 4.82. The van der Waals surface area contributed by atoms with E-state index in [1.54, 1.807) is 38.1 Å². The summed E-state index contributed by atoms with van der Waals surface area (Å²) < 4.78 is 82.7. The van der Waals surface area contributed by atoms with Crippen molar-refractivity contribution >= 4 is 44.7 Å². The molecule has 1 aromatic carbocycles. The number of alkyl halides is 3. The fraction of sp³-hybridized carbons (Fsp3) is 0.605. The maximum absolute atomic E-state index is 14.6. The molecule has 3 aliphatic heterocycles. The average molecular weight is 790 g/mol. The second kappa shape index (κ2) is 14.0. The van der Waals surface area contributed by atoms with Gasteiger partial charge in [-0.1, -0.05) is 43.2 Å². The van der Waals surface area contributed by atoms with Crippen LogP contribution in [-0.4, -0.2) is 82.7 Å². The summed E-state index contributed by atoms with van der Waals surface area (Å²) in [6.45, 7) is 4.52. The zero-order valence-corrected chi connectivity index (χ0v) is 31.8. The molecule has 5 atom stereocenters. The molecule has 5 unspecified atom stereocenters. The number of nitrogens with zero attached hydrogens (tertiary/aromatic N) is 2. The van der Waals surface area contributed by atoms with Crippen LogP contribution in [0, 0.1) is 5.92 Å². The molecular weight excluding hydrogens is 744 g/mol. The molecule has 1 saturated heterocycles. The minimum atomic E-state index is -4.89. The van der Waals surface area contributed by atoms with Gasteiger partial charge in [0.25, 0.3) is 5.91 Å². The van der Waals surface area contributed by atoms with Gasteiger partial charge in [-0.2, -0.15) is 13.2 Å². The van der Waals surface area contributed by atoms with Crippen molar-refractivity contribution in [2.75, 3.05) is 6.54 Å². The lowest BCUT2D eigenvalue weighted by Gasteiger charge is -2.37. The van der Waals surface area contributed by atoms with E-state index >= 15 is 0 Å². The van der Waals surface area contributed by atoms with Gasteiger partial charge in [0, 0.05) is 23.3 Å². The molecule has 2 aliphatic carbocycles. The molecule has 4 heterocycles.